The van der Waals surface area contributed by atoms with Crippen LogP contribution in [0.4, 0.5) is 0 Å². The zero-order valence-electron chi connectivity index (χ0n) is 10.6. The monoisotopic (exact) mass is 390 g/mol. The van der Waals surface area contributed by atoms with Crippen molar-refractivity contribution in [1.82, 2.24) is 9.78 Å². The minimum atomic E-state index is -1.10. The predicted octanol–water partition coefficient (Wildman–Crippen LogP) is 3.71. The Morgan fingerprint density at radius 3 is 2.67 bits per heavy atom. The maximum absolute atomic E-state index is 11.3. The van der Waals surface area contributed by atoms with Crippen LogP contribution in [-0.2, 0) is 17.8 Å². The van der Waals surface area contributed by atoms with Gasteiger partial charge in [-0.2, -0.15) is 5.10 Å². The molecule has 1 aliphatic rings. The fourth-order valence-corrected chi connectivity index (χ4v) is 3.70. The Morgan fingerprint density at radius 2 is 2.05 bits per heavy atom. The molecule has 1 N–H and O–H groups in total. The lowest BCUT2D eigenvalue weighted by Crippen LogP contribution is -2.14. The maximum atomic E-state index is 11.3. The maximum Gasteiger partial charge on any atom is 0.356 e. The van der Waals surface area contributed by atoms with Gasteiger partial charge in [-0.3, -0.25) is 0 Å². The van der Waals surface area contributed by atoms with E-state index in [0.29, 0.717) is 34.3 Å². The number of hydrogen-bond acceptors (Lipinski definition) is 3. The number of ether oxygens (including phenoxy) is 1. The van der Waals surface area contributed by atoms with Crippen LogP contribution in [-0.4, -0.2) is 27.5 Å². The predicted molar refractivity (Wildman–Crippen MR) is 81.6 cm³/mol. The van der Waals surface area contributed by atoms with Gasteiger partial charge in [0.25, 0.3) is 0 Å². The first-order valence-electron chi connectivity index (χ1n) is 6.05. The van der Waals surface area contributed by atoms with Crippen LogP contribution in [0.15, 0.2) is 16.6 Å². The standard InChI is InChI=1S/C13H9BrCl2N2O3/c14-6-3-8(15)12(9(16)4-6)18-10-1-2-21-5-7(10)11(17-18)13(19)20/h3-4H,1-2,5H2,(H,19,20). The molecule has 1 aromatic heterocycles. The van der Waals surface area contributed by atoms with E-state index in [9.17, 15) is 9.90 Å². The second-order valence-electron chi connectivity index (χ2n) is 4.51. The van der Waals surface area contributed by atoms with E-state index >= 15 is 0 Å². The van der Waals surface area contributed by atoms with E-state index in [0.717, 1.165) is 10.2 Å². The minimum absolute atomic E-state index is 0.0280. The van der Waals surface area contributed by atoms with E-state index in [2.05, 4.69) is 21.0 Å². The van der Waals surface area contributed by atoms with Crippen LogP contribution < -0.4 is 0 Å². The van der Waals surface area contributed by atoms with Crippen molar-refractivity contribution < 1.29 is 14.6 Å². The highest BCUT2D eigenvalue weighted by molar-refractivity contribution is 9.10. The smallest absolute Gasteiger partial charge is 0.356 e. The molecule has 5 nitrogen and oxygen atoms in total. The molecule has 0 fully saturated rings. The molecule has 0 saturated carbocycles. The summed E-state index contributed by atoms with van der Waals surface area (Å²) in [5.74, 6) is -1.10. The van der Waals surface area contributed by atoms with Crippen LogP contribution in [0.3, 0.4) is 0 Å². The van der Waals surface area contributed by atoms with Crippen molar-refractivity contribution in [3.8, 4) is 5.69 Å². The molecule has 0 aliphatic carbocycles. The largest absolute Gasteiger partial charge is 0.476 e. The van der Waals surface area contributed by atoms with Gasteiger partial charge in [0.2, 0.25) is 0 Å². The molecule has 0 saturated heterocycles. The summed E-state index contributed by atoms with van der Waals surface area (Å²) in [6.45, 7) is 0.728. The highest BCUT2D eigenvalue weighted by Crippen LogP contribution is 2.34. The fraction of sp³-hybridized carbons (Fsp3) is 0.231. The van der Waals surface area contributed by atoms with Gasteiger partial charge in [0, 0.05) is 16.5 Å². The summed E-state index contributed by atoms with van der Waals surface area (Å²) in [6, 6.07) is 3.38. The number of hydrogen-bond donors (Lipinski definition) is 1. The molecule has 2 heterocycles. The normalized spacial score (nSPS) is 14.0. The summed E-state index contributed by atoms with van der Waals surface area (Å²) in [4.78, 5) is 11.3. The van der Waals surface area contributed by atoms with Gasteiger partial charge in [-0.1, -0.05) is 39.1 Å². The summed E-state index contributed by atoms with van der Waals surface area (Å²) >= 11 is 15.8. The Bertz CT molecular complexity index is 722. The third kappa shape index (κ3) is 2.57. The molecule has 0 bridgehead atoms. The summed E-state index contributed by atoms with van der Waals surface area (Å²) in [7, 11) is 0. The third-order valence-corrected chi connectivity index (χ3v) is 4.25. The summed E-state index contributed by atoms with van der Waals surface area (Å²) in [5, 5.41) is 14.2. The van der Waals surface area contributed by atoms with Crippen LogP contribution >= 0.6 is 39.1 Å². The number of benzene rings is 1. The van der Waals surface area contributed by atoms with Crippen molar-refractivity contribution in [2.75, 3.05) is 6.61 Å². The Hall–Kier alpha value is -1.08. The molecule has 0 radical (unpaired) electrons. The first-order chi connectivity index (χ1) is 9.99. The van der Waals surface area contributed by atoms with Crippen molar-refractivity contribution in [3.63, 3.8) is 0 Å². The topological polar surface area (TPSA) is 64.3 Å². The number of carboxylic acid groups (broad SMARTS) is 1. The van der Waals surface area contributed by atoms with Crippen LogP contribution in [0.5, 0.6) is 0 Å². The number of fused-ring (bicyclic) bond motifs is 1. The van der Waals surface area contributed by atoms with Crippen molar-refractivity contribution in [1.29, 1.82) is 0 Å². The number of rotatable bonds is 2. The molecule has 2 aromatic rings. The van der Waals surface area contributed by atoms with Crippen molar-refractivity contribution in [2.45, 2.75) is 13.0 Å². The van der Waals surface area contributed by atoms with Crippen LogP contribution in [0.2, 0.25) is 10.0 Å². The lowest BCUT2D eigenvalue weighted by molar-refractivity contribution is 0.0677. The van der Waals surface area contributed by atoms with Gasteiger partial charge in [-0.15, -0.1) is 0 Å². The number of halogens is 3. The van der Waals surface area contributed by atoms with Crippen LogP contribution in [0, 0.1) is 0 Å². The molecule has 1 aromatic carbocycles. The molecule has 0 atom stereocenters. The Labute approximate surface area is 138 Å². The van der Waals surface area contributed by atoms with Gasteiger partial charge in [0.15, 0.2) is 5.69 Å². The van der Waals surface area contributed by atoms with Gasteiger partial charge < -0.3 is 9.84 Å². The zero-order chi connectivity index (χ0) is 15.1. The molecule has 110 valence electrons. The van der Waals surface area contributed by atoms with Gasteiger partial charge in [-0.25, -0.2) is 9.48 Å². The molecule has 0 unspecified atom stereocenters. The number of nitrogens with zero attached hydrogens (tertiary/aromatic N) is 2. The molecule has 0 amide bonds. The van der Waals surface area contributed by atoms with E-state index in [1.165, 1.54) is 4.68 Å². The first-order valence-corrected chi connectivity index (χ1v) is 7.60. The number of aromatic carboxylic acids is 1. The summed E-state index contributed by atoms with van der Waals surface area (Å²) < 4.78 is 7.58. The van der Waals surface area contributed by atoms with Crippen LogP contribution in [0.1, 0.15) is 21.7 Å². The van der Waals surface area contributed by atoms with E-state index < -0.39 is 5.97 Å². The molecular formula is C13H9BrCl2N2O3. The molecule has 21 heavy (non-hydrogen) atoms. The molecular weight excluding hydrogens is 383 g/mol. The Morgan fingerprint density at radius 1 is 1.38 bits per heavy atom. The lowest BCUT2D eigenvalue weighted by atomic mass is 10.1. The lowest BCUT2D eigenvalue weighted by Gasteiger charge is -2.16. The van der Waals surface area contributed by atoms with Gasteiger partial charge in [0.1, 0.15) is 5.69 Å². The van der Waals surface area contributed by atoms with E-state index in [4.69, 9.17) is 27.9 Å². The molecule has 3 rings (SSSR count). The van der Waals surface area contributed by atoms with Crippen molar-refractivity contribution in [2.24, 2.45) is 0 Å². The zero-order valence-corrected chi connectivity index (χ0v) is 13.7. The van der Waals surface area contributed by atoms with E-state index in [1.54, 1.807) is 12.1 Å². The average molecular weight is 392 g/mol. The highest BCUT2D eigenvalue weighted by Gasteiger charge is 2.27. The Kier molecular flexibility index (Phi) is 3.96. The SMILES string of the molecule is O=C(O)c1nn(-c2c(Cl)cc(Br)cc2Cl)c2c1COCC2. The second-order valence-corrected chi connectivity index (χ2v) is 6.24. The fourth-order valence-electron chi connectivity index (χ4n) is 2.33. The number of carboxylic acids is 1. The second kappa shape index (κ2) is 5.61. The third-order valence-electron chi connectivity index (χ3n) is 3.22. The van der Waals surface area contributed by atoms with E-state index in [1.807, 2.05) is 0 Å². The highest BCUT2D eigenvalue weighted by atomic mass is 79.9. The number of aromatic nitrogens is 2. The van der Waals surface area contributed by atoms with Crippen molar-refractivity contribution in [3.05, 3.63) is 43.6 Å². The minimum Gasteiger partial charge on any atom is -0.476 e. The number of carbonyl (C=O) groups is 1. The van der Waals surface area contributed by atoms with Crippen molar-refractivity contribution >= 4 is 45.1 Å². The molecule has 1 aliphatic heterocycles. The quantitative estimate of drug-likeness (QED) is 0.847. The van der Waals surface area contributed by atoms with Gasteiger partial charge in [-0.05, 0) is 12.1 Å². The summed E-state index contributed by atoms with van der Waals surface area (Å²) in [5.41, 5.74) is 1.79. The molecule has 8 heteroatoms. The molecule has 0 spiro atoms. The Balaban J connectivity index is 2.26. The van der Waals surface area contributed by atoms with E-state index in [-0.39, 0.29) is 12.3 Å². The van der Waals surface area contributed by atoms with Gasteiger partial charge >= 0.3 is 5.97 Å². The van der Waals surface area contributed by atoms with Gasteiger partial charge in [0.05, 0.1) is 29.0 Å². The average Bonchev–Trinajstić information content (AvgIpc) is 2.78. The first kappa shape index (κ1) is 14.8. The summed E-state index contributed by atoms with van der Waals surface area (Å²) in [6.07, 6.45) is 0.554. The van der Waals surface area contributed by atoms with Crippen LogP contribution in [0.25, 0.3) is 5.69 Å².